The molecule has 0 atom stereocenters. The summed E-state index contributed by atoms with van der Waals surface area (Å²) in [7, 11) is 0. The normalized spacial score (nSPS) is 15.9. The molecule has 1 aromatic carbocycles. The van der Waals surface area contributed by atoms with E-state index in [4.69, 9.17) is 9.47 Å². The summed E-state index contributed by atoms with van der Waals surface area (Å²) in [4.78, 5) is 28.5. The Morgan fingerprint density at radius 1 is 0.839 bits per heavy atom. The maximum Gasteiger partial charge on any atom is 0.279 e. The zero-order valence-corrected chi connectivity index (χ0v) is 20.7. The van der Waals surface area contributed by atoms with Crippen LogP contribution in [0.25, 0.3) is 0 Å². The van der Waals surface area contributed by atoms with Crippen molar-refractivity contribution in [1.82, 2.24) is 10.0 Å². The van der Waals surface area contributed by atoms with Crippen LogP contribution in [-0.4, -0.2) is 48.1 Å². The molecule has 6 nitrogen and oxygen atoms in total. The predicted octanol–water partition coefficient (Wildman–Crippen LogP) is 5.39. The van der Waals surface area contributed by atoms with Crippen molar-refractivity contribution in [1.29, 1.82) is 0 Å². The van der Waals surface area contributed by atoms with Gasteiger partial charge >= 0.3 is 0 Å². The number of rotatable bonds is 10. The van der Waals surface area contributed by atoms with Crippen molar-refractivity contribution in [3.05, 3.63) is 21.4 Å². The van der Waals surface area contributed by atoms with Crippen LogP contribution in [0.3, 0.4) is 0 Å². The minimum absolute atomic E-state index is 0.190. The third kappa shape index (κ3) is 4.70. The fourth-order valence-electron chi connectivity index (χ4n) is 3.61. The SMILES string of the molecule is CCCCN1C(=O)C(=C2Sc3c(OCC)cc(C)c(OCC)c3S2)C(=O)N1CCCC. The lowest BCUT2D eigenvalue weighted by Crippen LogP contribution is -2.42. The summed E-state index contributed by atoms with van der Waals surface area (Å²) in [5.41, 5.74) is 1.27. The molecular formula is C23H32N2O4S2. The molecule has 0 N–H and O–H groups in total. The van der Waals surface area contributed by atoms with Crippen LogP contribution in [0.2, 0.25) is 0 Å². The molecule has 0 aromatic heterocycles. The molecule has 0 saturated carbocycles. The molecule has 31 heavy (non-hydrogen) atoms. The topological polar surface area (TPSA) is 59.1 Å². The number of ether oxygens (including phenoxy) is 2. The van der Waals surface area contributed by atoms with Crippen molar-refractivity contribution in [2.24, 2.45) is 0 Å². The zero-order valence-electron chi connectivity index (χ0n) is 19.1. The molecule has 0 unspecified atom stereocenters. The number of hydrogen-bond donors (Lipinski definition) is 0. The summed E-state index contributed by atoms with van der Waals surface area (Å²) >= 11 is 2.91. The van der Waals surface area contributed by atoms with Crippen LogP contribution in [0.4, 0.5) is 0 Å². The van der Waals surface area contributed by atoms with E-state index in [0.717, 1.165) is 56.8 Å². The predicted molar refractivity (Wildman–Crippen MR) is 125 cm³/mol. The molecule has 2 amide bonds. The van der Waals surface area contributed by atoms with Gasteiger partial charge in [-0.05, 0) is 45.2 Å². The second-order valence-electron chi connectivity index (χ2n) is 7.48. The van der Waals surface area contributed by atoms with E-state index in [1.54, 1.807) is 10.0 Å². The average Bonchev–Trinajstić information content (AvgIpc) is 3.27. The number of nitrogens with zero attached hydrogens (tertiary/aromatic N) is 2. The number of benzene rings is 1. The fourth-order valence-corrected chi connectivity index (χ4v) is 6.36. The quantitative estimate of drug-likeness (QED) is 0.342. The first kappa shape index (κ1) is 23.9. The van der Waals surface area contributed by atoms with Gasteiger partial charge in [0.25, 0.3) is 11.8 Å². The van der Waals surface area contributed by atoms with E-state index in [0.29, 0.717) is 26.3 Å². The summed E-state index contributed by atoms with van der Waals surface area (Å²) in [5.74, 6) is 1.20. The van der Waals surface area contributed by atoms with Crippen LogP contribution < -0.4 is 9.47 Å². The Morgan fingerprint density at radius 2 is 1.39 bits per heavy atom. The van der Waals surface area contributed by atoms with Gasteiger partial charge in [0.05, 0.1) is 27.2 Å². The van der Waals surface area contributed by atoms with E-state index in [2.05, 4.69) is 13.8 Å². The van der Waals surface area contributed by atoms with Gasteiger partial charge in [0.2, 0.25) is 0 Å². The van der Waals surface area contributed by atoms with Crippen LogP contribution in [0.1, 0.15) is 58.9 Å². The molecule has 0 spiro atoms. The third-order valence-electron chi connectivity index (χ3n) is 5.16. The molecule has 2 heterocycles. The Bertz CT molecular complexity index is 857. The number of aryl methyl sites for hydroxylation is 1. The highest BCUT2D eigenvalue weighted by molar-refractivity contribution is 8.25. The number of hydrogen-bond acceptors (Lipinski definition) is 6. The van der Waals surface area contributed by atoms with Gasteiger partial charge in [0.1, 0.15) is 17.1 Å². The number of unbranched alkanes of at least 4 members (excludes halogenated alkanes) is 2. The Morgan fingerprint density at radius 3 is 1.90 bits per heavy atom. The van der Waals surface area contributed by atoms with Crippen molar-refractivity contribution in [3.63, 3.8) is 0 Å². The van der Waals surface area contributed by atoms with E-state index >= 15 is 0 Å². The fraction of sp³-hybridized carbons (Fsp3) is 0.565. The highest BCUT2D eigenvalue weighted by Crippen LogP contribution is 2.60. The Hall–Kier alpha value is -1.80. The molecule has 0 aliphatic carbocycles. The van der Waals surface area contributed by atoms with E-state index in [-0.39, 0.29) is 17.4 Å². The minimum atomic E-state index is -0.190. The van der Waals surface area contributed by atoms with Crippen LogP contribution in [-0.2, 0) is 9.59 Å². The number of carbonyl (C=O) groups is 2. The number of fused-ring (bicyclic) bond motifs is 1. The van der Waals surface area contributed by atoms with E-state index < -0.39 is 0 Å². The van der Waals surface area contributed by atoms with Gasteiger partial charge in [-0.25, -0.2) is 10.0 Å². The smallest absolute Gasteiger partial charge is 0.279 e. The maximum absolute atomic E-state index is 13.3. The highest BCUT2D eigenvalue weighted by atomic mass is 32.2. The van der Waals surface area contributed by atoms with Crippen LogP contribution in [0.15, 0.2) is 25.7 Å². The molecule has 0 bridgehead atoms. The standard InChI is InChI=1S/C23H32N2O4S2/c1-6-10-12-24-21(26)17(22(27)25(24)13-11-7-2)23-30-19-16(28-8-3)14-15(5)18(29-9-4)20(19)31-23/h14H,6-13H2,1-5H3. The van der Waals surface area contributed by atoms with Gasteiger partial charge in [-0.15, -0.1) is 0 Å². The van der Waals surface area contributed by atoms with E-state index in [9.17, 15) is 9.59 Å². The van der Waals surface area contributed by atoms with Gasteiger partial charge in [-0.1, -0.05) is 50.2 Å². The lowest BCUT2D eigenvalue weighted by atomic mass is 10.2. The molecule has 170 valence electrons. The number of thioether (sulfide) groups is 2. The average molecular weight is 465 g/mol. The number of hydrazine groups is 1. The van der Waals surface area contributed by atoms with Gasteiger partial charge in [0, 0.05) is 13.1 Å². The van der Waals surface area contributed by atoms with Gasteiger partial charge in [-0.3, -0.25) is 9.59 Å². The van der Waals surface area contributed by atoms with Crippen LogP contribution in [0, 0.1) is 6.92 Å². The summed E-state index contributed by atoms with van der Waals surface area (Å²) in [6.45, 7) is 12.3. The zero-order chi connectivity index (χ0) is 22.5. The second kappa shape index (κ2) is 10.7. The first-order chi connectivity index (χ1) is 15.0. The largest absolute Gasteiger partial charge is 0.493 e. The van der Waals surface area contributed by atoms with E-state index in [1.807, 2.05) is 26.8 Å². The number of amides is 2. The minimum Gasteiger partial charge on any atom is -0.493 e. The van der Waals surface area contributed by atoms with Crippen LogP contribution >= 0.6 is 23.5 Å². The molecule has 3 rings (SSSR count). The lowest BCUT2D eigenvalue weighted by molar-refractivity contribution is -0.147. The van der Waals surface area contributed by atoms with Gasteiger partial charge < -0.3 is 9.47 Å². The van der Waals surface area contributed by atoms with Crippen molar-refractivity contribution in [2.75, 3.05) is 26.3 Å². The van der Waals surface area contributed by atoms with Crippen molar-refractivity contribution in [3.8, 4) is 11.5 Å². The van der Waals surface area contributed by atoms with Crippen molar-refractivity contribution in [2.45, 2.75) is 70.1 Å². The molecular weight excluding hydrogens is 432 g/mol. The van der Waals surface area contributed by atoms with Crippen molar-refractivity contribution < 1.29 is 19.1 Å². The summed E-state index contributed by atoms with van der Waals surface area (Å²) in [6, 6.07) is 1.98. The summed E-state index contributed by atoms with van der Waals surface area (Å²) < 4.78 is 12.5. The van der Waals surface area contributed by atoms with Gasteiger partial charge in [-0.2, -0.15) is 0 Å². The molecule has 0 radical (unpaired) electrons. The first-order valence-electron chi connectivity index (χ1n) is 11.1. The Balaban J connectivity index is 2.02. The van der Waals surface area contributed by atoms with Crippen LogP contribution in [0.5, 0.6) is 11.5 Å². The molecule has 2 aliphatic rings. The van der Waals surface area contributed by atoms with E-state index in [1.165, 1.54) is 23.5 Å². The first-order valence-corrected chi connectivity index (χ1v) is 12.8. The number of carbonyl (C=O) groups excluding carboxylic acids is 2. The Kier molecular flexibility index (Phi) is 8.22. The summed E-state index contributed by atoms with van der Waals surface area (Å²) in [5, 5.41) is 3.29. The monoisotopic (exact) mass is 464 g/mol. The maximum atomic E-state index is 13.3. The summed E-state index contributed by atoms with van der Waals surface area (Å²) in [6.07, 6.45) is 3.67. The highest BCUT2D eigenvalue weighted by Gasteiger charge is 2.44. The second-order valence-corrected chi connectivity index (χ2v) is 9.77. The van der Waals surface area contributed by atoms with Crippen molar-refractivity contribution >= 4 is 35.3 Å². The third-order valence-corrected chi connectivity index (χ3v) is 7.77. The Labute approximate surface area is 193 Å². The van der Waals surface area contributed by atoms with Gasteiger partial charge in [0.15, 0.2) is 0 Å². The molecule has 2 aliphatic heterocycles. The molecule has 1 saturated heterocycles. The lowest BCUT2D eigenvalue weighted by Gasteiger charge is -2.27. The molecule has 8 heteroatoms. The molecule has 1 fully saturated rings. The molecule has 1 aromatic rings.